The van der Waals surface area contributed by atoms with Crippen molar-refractivity contribution in [1.82, 2.24) is 0 Å². The molecule has 0 N–H and O–H groups in total. The molecule has 0 amide bonds. The third-order valence-electron chi connectivity index (χ3n) is 3.43. The van der Waals surface area contributed by atoms with Crippen LogP contribution in [0.5, 0.6) is 0 Å². The van der Waals surface area contributed by atoms with Crippen LogP contribution >= 0.6 is 0 Å². The molecule has 0 aliphatic carbocycles. The number of fused-ring (bicyclic) bond motifs is 3. The first-order valence-corrected chi connectivity index (χ1v) is 6.30. The fourth-order valence-corrected chi connectivity index (χ4v) is 2.54. The molecule has 1 heteroatoms. The van der Waals surface area contributed by atoms with E-state index in [1.165, 1.54) is 10.8 Å². The SMILES string of the molecule is [c]1ccc(-c2cccc3c2oc2ccccc23)cc1. The van der Waals surface area contributed by atoms with Gasteiger partial charge in [-0.3, -0.25) is 0 Å². The van der Waals surface area contributed by atoms with Crippen LogP contribution in [0.2, 0.25) is 0 Å². The van der Waals surface area contributed by atoms with Crippen LogP contribution in [0, 0.1) is 6.07 Å². The van der Waals surface area contributed by atoms with Gasteiger partial charge < -0.3 is 4.42 Å². The molecular formula is C18H11O. The third kappa shape index (κ3) is 1.55. The zero-order chi connectivity index (χ0) is 12.7. The lowest BCUT2D eigenvalue weighted by Gasteiger charge is -2.01. The van der Waals surface area contributed by atoms with E-state index >= 15 is 0 Å². The summed E-state index contributed by atoms with van der Waals surface area (Å²) < 4.78 is 6.03. The van der Waals surface area contributed by atoms with Crippen molar-refractivity contribution in [3.05, 3.63) is 72.8 Å². The molecule has 1 radical (unpaired) electrons. The van der Waals surface area contributed by atoms with Crippen LogP contribution in [0.1, 0.15) is 0 Å². The van der Waals surface area contributed by atoms with Crippen LogP contribution in [0.4, 0.5) is 0 Å². The summed E-state index contributed by atoms with van der Waals surface area (Å²) in [5, 5.41) is 2.34. The van der Waals surface area contributed by atoms with Crippen molar-refractivity contribution in [2.24, 2.45) is 0 Å². The highest BCUT2D eigenvalue weighted by molar-refractivity contribution is 6.09. The van der Waals surface area contributed by atoms with E-state index in [1.807, 2.05) is 30.3 Å². The zero-order valence-corrected chi connectivity index (χ0v) is 10.3. The van der Waals surface area contributed by atoms with Crippen LogP contribution in [-0.4, -0.2) is 0 Å². The van der Waals surface area contributed by atoms with E-state index in [9.17, 15) is 0 Å². The van der Waals surface area contributed by atoms with Crippen LogP contribution in [0.3, 0.4) is 0 Å². The third-order valence-corrected chi connectivity index (χ3v) is 3.43. The van der Waals surface area contributed by atoms with Crippen molar-refractivity contribution in [2.45, 2.75) is 0 Å². The second kappa shape index (κ2) is 3.99. The van der Waals surface area contributed by atoms with Gasteiger partial charge in [-0.15, -0.1) is 0 Å². The van der Waals surface area contributed by atoms with E-state index in [1.54, 1.807) is 0 Å². The maximum absolute atomic E-state index is 6.03. The minimum atomic E-state index is 0.937. The molecule has 0 atom stereocenters. The summed E-state index contributed by atoms with van der Waals surface area (Å²) in [6.45, 7) is 0. The lowest BCUT2D eigenvalue weighted by molar-refractivity contribution is 0.670. The van der Waals surface area contributed by atoms with Gasteiger partial charge in [0.05, 0.1) is 0 Å². The fourth-order valence-electron chi connectivity index (χ4n) is 2.54. The normalized spacial score (nSPS) is 11.2. The van der Waals surface area contributed by atoms with Crippen LogP contribution in [0.25, 0.3) is 33.1 Å². The molecule has 0 saturated heterocycles. The number of rotatable bonds is 1. The van der Waals surface area contributed by atoms with Crippen LogP contribution in [-0.2, 0) is 0 Å². The highest BCUT2D eigenvalue weighted by atomic mass is 16.3. The summed E-state index contributed by atoms with van der Waals surface area (Å²) in [5.41, 5.74) is 4.17. The summed E-state index contributed by atoms with van der Waals surface area (Å²) in [5.74, 6) is 0. The van der Waals surface area contributed by atoms with E-state index in [4.69, 9.17) is 4.42 Å². The molecule has 89 valence electrons. The van der Waals surface area contributed by atoms with Gasteiger partial charge in [-0.1, -0.05) is 60.7 Å². The summed E-state index contributed by atoms with van der Waals surface area (Å²) >= 11 is 0. The Balaban J connectivity index is 2.13. The van der Waals surface area contributed by atoms with Crippen molar-refractivity contribution < 1.29 is 4.42 Å². The number of hydrogen-bond donors (Lipinski definition) is 0. The number of furan rings is 1. The molecule has 0 aliphatic heterocycles. The molecule has 1 nitrogen and oxygen atoms in total. The zero-order valence-electron chi connectivity index (χ0n) is 10.3. The number of benzene rings is 3. The molecule has 0 fully saturated rings. The van der Waals surface area contributed by atoms with Gasteiger partial charge in [0.2, 0.25) is 0 Å². The van der Waals surface area contributed by atoms with Gasteiger partial charge in [-0.05, 0) is 17.7 Å². The van der Waals surface area contributed by atoms with Gasteiger partial charge in [-0.2, -0.15) is 0 Å². The summed E-state index contributed by atoms with van der Waals surface area (Å²) in [4.78, 5) is 0. The number of para-hydroxylation sites is 2. The van der Waals surface area contributed by atoms with Gasteiger partial charge in [-0.25, -0.2) is 0 Å². The average molecular weight is 243 g/mol. The van der Waals surface area contributed by atoms with Crippen LogP contribution < -0.4 is 0 Å². The second-order valence-electron chi connectivity index (χ2n) is 4.57. The second-order valence-corrected chi connectivity index (χ2v) is 4.57. The Bertz CT molecular complexity index is 857. The van der Waals surface area contributed by atoms with Gasteiger partial charge in [0, 0.05) is 16.3 Å². The van der Waals surface area contributed by atoms with Crippen molar-refractivity contribution in [2.75, 3.05) is 0 Å². The largest absolute Gasteiger partial charge is 0.455 e. The smallest absolute Gasteiger partial charge is 0.143 e. The Morgan fingerprint density at radius 3 is 2.42 bits per heavy atom. The van der Waals surface area contributed by atoms with E-state index in [2.05, 4.69) is 42.5 Å². The van der Waals surface area contributed by atoms with Gasteiger partial charge in [0.15, 0.2) is 0 Å². The monoisotopic (exact) mass is 243 g/mol. The fraction of sp³-hybridized carbons (Fsp3) is 0. The minimum Gasteiger partial charge on any atom is -0.455 e. The van der Waals surface area contributed by atoms with E-state index in [-0.39, 0.29) is 0 Å². The topological polar surface area (TPSA) is 13.1 Å². The molecular weight excluding hydrogens is 232 g/mol. The van der Waals surface area contributed by atoms with Crippen molar-refractivity contribution >= 4 is 21.9 Å². The standard InChI is InChI=1S/C18H11O/c1-2-7-13(8-3-1)14-10-6-11-16-15-9-4-5-12-17(15)19-18(14)16/h2-12H. The molecule has 0 bridgehead atoms. The first-order valence-electron chi connectivity index (χ1n) is 6.30. The minimum absolute atomic E-state index is 0.937. The first-order chi connectivity index (χ1) is 9.43. The number of hydrogen-bond acceptors (Lipinski definition) is 1. The summed E-state index contributed by atoms with van der Waals surface area (Å²) in [7, 11) is 0. The van der Waals surface area contributed by atoms with Gasteiger partial charge in [0.1, 0.15) is 11.2 Å². The lowest BCUT2D eigenvalue weighted by atomic mass is 10.0. The summed E-state index contributed by atoms with van der Waals surface area (Å²) in [6, 6.07) is 25.5. The van der Waals surface area contributed by atoms with Crippen molar-refractivity contribution in [3.63, 3.8) is 0 Å². The van der Waals surface area contributed by atoms with E-state index < -0.39 is 0 Å². The van der Waals surface area contributed by atoms with E-state index in [0.29, 0.717) is 0 Å². The molecule has 4 rings (SSSR count). The highest BCUT2D eigenvalue weighted by Gasteiger charge is 2.10. The molecule has 4 aromatic rings. The Kier molecular flexibility index (Phi) is 2.18. The molecule has 0 unspecified atom stereocenters. The Morgan fingerprint density at radius 2 is 1.53 bits per heavy atom. The van der Waals surface area contributed by atoms with Crippen LogP contribution in [0.15, 0.2) is 71.1 Å². The Morgan fingerprint density at radius 1 is 0.737 bits per heavy atom. The predicted octanol–water partition coefficient (Wildman–Crippen LogP) is 5.05. The molecule has 0 spiro atoms. The first kappa shape index (κ1) is 10.4. The maximum Gasteiger partial charge on any atom is 0.143 e. The average Bonchev–Trinajstić information content (AvgIpc) is 2.87. The van der Waals surface area contributed by atoms with Gasteiger partial charge >= 0.3 is 0 Å². The molecule has 1 heterocycles. The molecule has 0 saturated carbocycles. The van der Waals surface area contributed by atoms with E-state index in [0.717, 1.165) is 22.3 Å². The lowest BCUT2D eigenvalue weighted by Crippen LogP contribution is -1.77. The molecule has 3 aromatic carbocycles. The van der Waals surface area contributed by atoms with Crippen molar-refractivity contribution in [1.29, 1.82) is 0 Å². The molecule has 19 heavy (non-hydrogen) atoms. The van der Waals surface area contributed by atoms with Crippen molar-refractivity contribution in [3.8, 4) is 11.1 Å². The highest BCUT2D eigenvalue weighted by Crippen LogP contribution is 2.35. The Hall–Kier alpha value is -2.54. The molecule has 0 aliphatic rings. The van der Waals surface area contributed by atoms with Gasteiger partial charge in [0.25, 0.3) is 0 Å². The maximum atomic E-state index is 6.03. The Labute approximate surface area is 111 Å². The predicted molar refractivity (Wildman–Crippen MR) is 78.0 cm³/mol. The quantitative estimate of drug-likeness (QED) is 0.455. The summed E-state index contributed by atoms with van der Waals surface area (Å²) in [6.07, 6.45) is 0. The molecule has 1 aromatic heterocycles.